The van der Waals surface area contributed by atoms with E-state index < -0.39 is 11.7 Å². The van der Waals surface area contributed by atoms with Gasteiger partial charge in [0.25, 0.3) is 0 Å². The number of aryl methyl sites for hydroxylation is 1. The summed E-state index contributed by atoms with van der Waals surface area (Å²) >= 11 is 0. The first-order chi connectivity index (χ1) is 15.4. The van der Waals surface area contributed by atoms with Crippen molar-refractivity contribution in [2.45, 2.75) is 45.2 Å². The molecule has 0 radical (unpaired) electrons. The Kier molecular flexibility index (Phi) is 6.51. The minimum absolute atomic E-state index is 0.558. The van der Waals surface area contributed by atoms with Crippen molar-refractivity contribution in [1.82, 2.24) is 0 Å². The van der Waals surface area contributed by atoms with E-state index in [1.165, 1.54) is 59.5 Å². The van der Waals surface area contributed by atoms with Gasteiger partial charge in [-0.15, -0.1) is 0 Å². The summed E-state index contributed by atoms with van der Waals surface area (Å²) in [6.45, 7) is 2.23. The zero-order valence-electron chi connectivity index (χ0n) is 18.1. The average molecular weight is 431 g/mol. The molecule has 0 aromatic heterocycles. The molecule has 0 aliphatic heterocycles. The second-order valence-corrected chi connectivity index (χ2v) is 8.19. The summed E-state index contributed by atoms with van der Waals surface area (Å²) in [6.07, 6.45) is 1.84. The van der Waals surface area contributed by atoms with Crippen LogP contribution < -0.4 is 0 Å². The normalized spacial score (nSPS) is 11.5. The van der Waals surface area contributed by atoms with Crippen LogP contribution in [0.2, 0.25) is 0 Å². The van der Waals surface area contributed by atoms with Crippen molar-refractivity contribution in [1.29, 1.82) is 0 Å². The van der Waals surface area contributed by atoms with Crippen molar-refractivity contribution >= 4 is 21.5 Å². The zero-order chi connectivity index (χ0) is 22.6. The maximum Gasteiger partial charge on any atom is 0.416 e. The third-order valence-electron chi connectivity index (χ3n) is 5.78. The molecule has 32 heavy (non-hydrogen) atoms. The number of alkyl halides is 3. The lowest BCUT2D eigenvalue weighted by molar-refractivity contribution is -0.137. The van der Waals surface area contributed by atoms with Gasteiger partial charge in [-0.25, -0.2) is 0 Å². The van der Waals surface area contributed by atoms with E-state index in [1.807, 2.05) is 12.1 Å². The Labute approximate surface area is 187 Å². The number of hydrogen-bond acceptors (Lipinski definition) is 0. The fourth-order valence-corrected chi connectivity index (χ4v) is 4.00. The number of unbranched alkanes of at least 4 members (excludes halogenated alkanes) is 3. The largest absolute Gasteiger partial charge is 0.416 e. The van der Waals surface area contributed by atoms with Crippen molar-refractivity contribution < 1.29 is 13.2 Å². The zero-order valence-corrected chi connectivity index (χ0v) is 18.1. The lowest BCUT2D eigenvalue weighted by Gasteiger charge is -2.08. The third-order valence-corrected chi connectivity index (χ3v) is 5.78. The summed E-state index contributed by atoms with van der Waals surface area (Å²) in [5, 5.41) is 4.75. The number of halogens is 3. The fourth-order valence-electron chi connectivity index (χ4n) is 4.00. The highest BCUT2D eigenvalue weighted by atomic mass is 19.4. The Morgan fingerprint density at radius 2 is 1.28 bits per heavy atom. The maximum atomic E-state index is 12.7. The predicted octanol–water partition coefficient (Wildman–Crippen LogP) is 8.53. The van der Waals surface area contributed by atoms with Crippen LogP contribution in [-0.2, 0) is 12.6 Å². The lowest BCUT2D eigenvalue weighted by atomic mass is 9.97. The van der Waals surface area contributed by atoms with Gasteiger partial charge in [-0.1, -0.05) is 74.4 Å². The molecule has 0 N–H and O–H groups in total. The first-order valence-corrected chi connectivity index (χ1v) is 11.1. The second-order valence-electron chi connectivity index (χ2n) is 8.19. The molecule has 4 aromatic carbocycles. The number of rotatable bonds is 5. The lowest BCUT2D eigenvalue weighted by Crippen LogP contribution is -2.04. The van der Waals surface area contributed by atoms with Crippen LogP contribution >= 0.6 is 0 Å². The molecule has 0 saturated heterocycles. The molecule has 162 valence electrons. The quantitative estimate of drug-likeness (QED) is 0.169. The van der Waals surface area contributed by atoms with Gasteiger partial charge in [0.1, 0.15) is 0 Å². The Hall–Kier alpha value is -3.25. The first-order valence-electron chi connectivity index (χ1n) is 11.1. The van der Waals surface area contributed by atoms with Gasteiger partial charge in [0.05, 0.1) is 5.56 Å². The van der Waals surface area contributed by atoms with Gasteiger partial charge in [0.2, 0.25) is 0 Å². The minimum Gasteiger partial charge on any atom is -0.166 e. The van der Waals surface area contributed by atoms with Gasteiger partial charge < -0.3 is 0 Å². The van der Waals surface area contributed by atoms with E-state index in [0.29, 0.717) is 5.56 Å². The molecule has 0 heterocycles. The molecule has 0 saturated carbocycles. The topological polar surface area (TPSA) is 0 Å². The molecular formula is C29H25F3. The van der Waals surface area contributed by atoms with E-state index in [1.54, 1.807) is 0 Å². The molecular weight excluding hydrogens is 405 g/mol. The number of hydrogen-bond donors (Lipinski definition) is 0. The molecule has 0 unspecified atom stereocenters. The molecule has 0 aliphatic carbocycles. The highest BCUT2D eigenvalue weighted by Gasteiger charge is 2.29. The van der Waals surface area contributed by atoms with Crippen molar-refractivity contribution in [2.75, 3.05) is 0 Å². The van der Waals surface area contributed by atoms with Crippen LogP contribution in [0.15, 0.2) is 72.8 Å². The Balaban J connectivity index is 1.56. The summed E-state index contributed by atoms with van der Waals surface area (Å²) in [5.74, 6) is 6.03. The molecule has 0 atom stereocenters. The summed E-state index contributed by atoms with van der Waals surface area (Å²) in [7, 11) is 0. The summed E-state index contributed by atoms with van der Waals surface area (Å²) in [5.41, 5.74) is 2.11. The second kappa shape index (κ2) is 9.49. The van der Waals surface area contributed by atoms with Crippen LogP contribution in [0.5, 0.6) is 0 Å². The minimum atomic E-state index is -4.33. The van der Waals surface area contributed by atoms with Crippen molar-refractivity contribution in [3.05, 3.63) is 95.1 Å². The molecule has 4 aromatic rings. The van der Waals surface area contributed by atoms with E-state index in [9.17, 15) is 13.2 Å². The van der Waals surface area contributed by atoms with Crippen LogP contribution in [0.25, 0.3) is 21.5 Å². The van der Waals surface area contributed by atoms with Gasteiger partial charge in [-0.3, -0.25) is 0 Å². The van der Waals surface area contributed by atoms with Crippen LogP contribution in [0.1, 0.15) is 54.9 Å². The van der Waals surface area contributed by atoms with Gasteiger partial charge in [0.15, 0.2) is 0 Å². The molecule has 0 amide bonds. The fraction of sp³-hybridized carbons (Fsp3) is 0.241. The van der Waals surface area contributed by atoms with Crippen LogP contribution in [-0.4, -0.2) is 0 Å². The SMILES string of the molecule is CCCCCCc1ccc2c(ccc3cc(C#Cc4ccc(C(F)(F)F)cc4)ccc32)c1. The average Bonchev–Trinajstić information content (AvgIpc) is 2.80. The standard InChI is InChI=1S/C29H25F3/c1-2-3-4-5-6-22-11-17-27-24(19-22)13-14-25-20-23(12-18-28(25)27)8-7-21-9-15-26(16-10-21)29(30,31)32/h9-20H,2-6H2,1H3. The third kappa shape index (κ3) is 5.14. The van der Waals surface area contributed by atoms with Crippen molar-refractivity contribution in [3.63, 3.8) is 0 Å². The van der Waals surface area contributed by atoms with Crippen LogP contribution in [0.3, 0.4) is 0 Å². The Bertz CT molecular complexity index is 1290. The Morgan fingerprint density at radius 3 is 1.97 bits per heavy atom. The highest BCUT2D eigenvalue weighted by molar-refractivity contribution is 6.07. The van der Waals surface area contributed by atoms with E-state index in [0.717, 1.165) is 29.5 Å². The highest BCUT2D eigenvalue weighted by Crippen LogP contribution is 2.29. The van der Waals surface area contributed by atoms with Gasteiger partial charge >= 0.3 is 6.18 Å². The van der Waals surface area contributed by atoms with Gasteiger partial charge in [0, 0.05) is 11.1 Å². The first kappa shape index (κ1) is 22.0. The van der Waals surface area contributed by atoms with E-state index in [4.69, 9.17) is 0 Å². The van der Waals surface area contributed by atoms with Crippen LogP contribution in [0.4, 0.5) is 13.2 Å². The summed E-state index contributed by atoms with van der Waals surface area (Å²) in [6, 6.07) is 22.0. The number of fused-ring (bicyclic) bond motifs is 3. The van der Waals surface area contributed by atoms with Crippen molar-refractivity contribution in [3.8, 4) is 11.8 Å². The molecule has 0 bridgehead atoms. The molecule has 0 aliphatic rings. The molecule has 0 nitrogen and oxygen atoms in total. The summed E-state index contributed by atoms with van der Waals surface area (Å²) < 4.78 is 38.1. The maximum absolute atomic E-state index is 12.7. The van der Waals surface area contributed by atoms with Gasteiger partial charge in [-0.2, -0.15) is 13.2 Å². The molecule has 0 spiro atoms. The molecule has 0 fully saturated rings. The van der Waals surface area contributed by atoms with Crippen LogP contribution in [0, 0.1) is 11.8 Å². The smallest absolute Gasteiger partial charge is 0.166 e. The summed E-state index contributed by atoms with van der Waals surface area (Å²) in [4.78, 5) is 0. The molecule has 3 heteroatoms. The van der Waals surface area contributed by atoms with Crippen molar-refractivity contribution in [2.24, 2.45) is 0 Å². The number of benzene rings is 4. The predicted molar refractivity (Wildman–Crippen MR) is 127 cm³/mol. The monoisotopic (exact) mass is 430 g/mol. The van der Waals surface area contributed by atoms with Gasteiger partial charge in [-0.05, 0) is 76.3 Å². The Morgan fingerprint density at radius 1 is 0.656 bits per heavy atom. The van der Waals surface area contributed by atoms with E-state index in [2.05, 4.69) is 55.2 Å². The van der Waals surface area contributed by atoms with E-state index >= 15 is 0 Å². The molecule has 4 rings (SSSR count). The van der Waals surface area contributed by atoms with E-state index in [-0.39, 0.29) is 0 Å².